The van der Waals surface area contributed by atoms with Gasteiger partial charge in [0.2, 0.25) is 5.95 Å². The van der Waals surface area contributed by atoms with E-state index in [-0.39, 0.29) is 12.1 Å². The third-order valence-corrected chi connectivity index (χ3v) is 4.43. The van der Waals surface area contributed by atoms with Gasteiger partial charge in [-0.15, -0.1) is 0 Å². The molecular weight excluding hydrogens is 318 g/mol. The summed E-state index contributed by atoms with van der Waals surface area (Å²) in [6.45, 7) is 0.748. The third kappa shape index (κ3) is 2.98. The third-order valence-electron chi connectivity index (χ3n) is 4.43. The van der Waals surface area contributed by atoms with Gasteiger partial charge < -0.3 is 14.8 Å². The lowest BCUT2D eigenvalue weighted by molar-refractivity contribution is 0.205. The number of amides is 2. The van der Waals surface area contributed by atoms with Crippen LogP contribution in [0.5, 0.6) is 0 Å². The highest BCUT2D eigenvalue weighted by molar-refractivity contribution is 5.89. The summed E-state index contributed by atoms with van der Waals surface area (Å²) in [5, 5.41) is 7.13. The molecule has 3 aromatic rings. The number of carbonyl (C=O) groups is 1. The smallest absolute Gasteiger partial charge is 0.322 e. The van der Waals surface area contributed by atoms with Gasteiger partial charge in [0.1, 0.15) is 0 Å². The predicted octanol–water partition coefficient (Wildman–Crippen LogP) is 2.37. The molecule has 25 heavy (non-hydrogen) atoms. The molecule has 0 aliphatic carbocycles. The monoisotopic (exact) mass is 337 g/mol. The molecule has 4 heterocycles. The quantitative estimate of drug-likeness (QED) is 0.795. The first kappa shape index (κ1) is 15.4. The Labute approximate surface area is 145 Å². The van der Waals surface area contributed by atoms with Gasteiger partial charge in [-0.25, -0.2) is 19.4 Å². The number of nitrogens with zero attached hydrogens (tertiary/aromatic N) is 6. The number of anilines is 1. The Morgan fingerprint density at radius 3 is 2.88 bits per heavy atom. The van der Waals surface area contributed by atoms with E-state index in [2.05, 4.69) is 31.0 Å². The van der Waals surface area contributed by atoms with E-state index in [1.54, 1.807) is 30.9 Å². The Hall–Kier alpha value is -3.16. The fourth-order valence-corrected chi connectivity index (χ4v) is 3.24. The van der Waals surface area contributed by atoms with E-state index in [1.165, 1.54) is 4.68 Å². The first-order chi connectivity index (χ1) is 12.2. The van der Waals surface area contributed by atoms with Gasteiger partial charge in [0.05, 0.1) is 24.1 Å². The average Bonchev–Trinajstić information content (AvgIpc) is 3.35. The summed E-state index contributed by atoms with van der Waals surface area (Å²) in [6.07, 6.45) is 10.6. The number of carbonyl (C=O) groups excluding carboxylic acids is 1. The maximum Gasteiger partial charge on any atom is 0.322 e. The minimum atomic E-state index is -0.114. The van der Waals surface area contributed by atoms with Crippen LogP contribution in [0.4, 0.5) is 10.5 Å². The molecule has 0 spiro atoms. The molecule has 1 saturated heterocycles. The van der Waals surface area contributed by atoms with Gasteiger partial charge in [0, 0.05) is 37.9 Å². The van der Waals surface area contributed by atoms with Gasteiger partial charge in [-0.2, -0.15) is 5.10 Å². The Balaban J connectivity index is 1.49. The Morgan fingerprint density at radius 2 is 2.12 bits per heavy atom. The van der Waals surface area contributed by atoms with Crippen molar-refractivity contribution in [2.75, 3.05) is 11.9 Å². The van der Waals surface area contributed by atoms with Crippen LogP contribution in [-0.4, -0.2) is 41.8 Å². The number of urea groups is 1. The average molecular weight is 337 g/mol. The molecule has 128 valence electrons. The zero-order valence-corrected chi connectivity index (χ0v) is 13.9. The van der Waals surface area contributed by atoms with Gasteiger partial charge >= 0.3 is 6.03 Å². The largest absolute Gasteiger partial charge is 0.353 e. The van der Waals surface area contributed by atoms with Crippen LogP contribution in [0, 0.1) is 0 Å². The first-order valence-corrected chi connectivity index (χ1v) is 8.23. The predicted molar refractivity (Wildman–Crippen MR) is 92.3 cm³/mol. The molecule has 0 unspecified atom stereocenters. The minimum Gasteiger partial charge on any atom is -0.353 e. The highest BCUT2D eigenvalue weighted by Crippen LogP contribution is 2.32. The highest BCUT2D eigenvalue weighted by atomic mass is 16.2. The van der Waals surface area contributed by atoms with Gasteiger partial charge in [-0.1, -0.05) is 0 Å². The van der Waals surface area contributed by atoms with E-state index in [0.29, 0.717) is 11.6 Å². The van der Waals surface area contributed by atoms with E-state index in [0.717, 1.165) is 25.1 Å². The van der Waals surface area contributed by atoms with E-state index >= 15 is 0 Å². The van der Waals surface area contributed by atoms with Gasteiger partial charge in [-0.3, -0.25) is 0 Å². The molecule has 2 amide bonds. The summed E-state index contributed by atoms with van der Waals surface area (Å²) >= 11 is 0. The molecule has 0 bridgehead atoms. The second kappa shape index (κ2) is 6.39. The fourth-order valence-electron chi connectivity index (χ4n) is 3.24. The summed E-state index contributed by atoms with van der Waals surface area (Å²) in [5.74, 6) is 0.464. The Morgan fingerprint density at radius 1 is 1.28 bits per heavy atom. The SMILES string of the molecule is Cn1cccc1[C@H]1CCCN1C(=O)Nc1cnn(-c2ncccn2)c1. The first-order valence-electron chi connectivity index (χ1n) is 8.23. The summed E-state index contributed by atoms with van der Waals surface area (Å²) in [4.78, 5) is 22.9. The number of hydrogen-bond donors (Lipinski definition) is 1. The number of hydrogen-bond acceptors (Lipinski definition) is 4. The van der Waals surface area contributed by atoms with Crippen molar-refractivity contribution < 1.29 is 4.79 Å². The lowest BCUT2D eigenvalue weighted by Gasteiger charge is -2.25. The van der Waals surface area contributed by atoms with Crippen LogP contribution in [0.25, 0.3) is 5.95 Å². The summed E-state index contributed by atoms with van der Waals surface area (Å²) in [6, 6.07) is 5.81. The molecule has 8 nitrogen and oxygen atoms in total. The van der Waals surface area contributed by atoms with E-state index in [1.807, 2.05) is 24.2 Å². The minimum absolute atomic E-state index is 0.104. The second-order valence-corrected chi connectivity index (χ2v) is 6.05. The molecule has 1 aliphatic rings. The highest BCUT2D eigenvalue weighted by Gasteiger charge is 2.31. The Bertz CT molecular complexity index is 870. The summed E-state index contributed by atoms with van der Waals surface area (Å²) in [7, 11) is 2.01. The fraction of sp³-hybridized carbons (Fsp3) is 0.294. The molecule has 0 aromatic carbocycles. The molecule has 8 heteroatoms. The van der Waals surface area contributed by atoms with Crippen LogP contribution in [-0.2, 0) is 7.05 Å². The topological polar surface area (TPSA) is 80.9 Å². The molecule has 1 fully saturated rings. The molecule has 0 saturated carbocycles. The molecular formula is C17H19N7O. The van der Waals surface area contributed by atoms with Crippen LogP contribution < -0.4 is 5.32 Å². The van der Waals surface area contributed by atoms with Crippen molar-refractivity contribution in [1.82, 2.24) is 29.2 Å². The lowest BCUT2D eigenvalue weighted by atomic mass is 10.1. The van der Waals surface area contributed by atoms with Crippen LogP contribution in [0.3, 0.4) is 0 Å². The van der Waals surface area contributed by atoms with Crippen molar-refractivity contribution in [1.29, 1.82) is 0 Å². The standard InChI is InChI=1S/C17H19N7O/c1-22-9-2-5-14(22)15-6-3-10-23(15)17(25)21-13-11-20-24(12-13)16-18-7-4-8-19-16/h2,4-5,7-9,11-12,15H,3,6,10H2,1H3,(H,21,25)/t15-/m1/s1. The van der Waals surface area contributed by atoms with Crippen molar-refractivity contribution >= 4 is 11.7 Å². The van der Waals surface area contributed by atoms with Gasteiger partial charge in [0.25, 0.3) is 0 Å². The zero-order chi connectivity index (χ0) is 17.2. The molecule has 1 atom stereocenters. The molecule has 3 aromatic heterocycles. The molecule has 4 rings (SSSR count). The maximum atomic E-state index is 12.7. The van der Waals surface area contributed by atoms with Crippen molar-refractivity contribution in [3.63, 3.8) is 0 Å². The van der Waals surface area contributed by atoms with E-state index in [9.17, 15) is 4.79 Å². The van der Waals surface area contributed by atoms with Gasteiger partial charge in [0.15, 0.2) is 0 Å². The van der Waals surface area contributed by atoms with Crippen molar-refractivity contribution in [3.8, 4) is 5.95 Å². The van der Waals surface area contributed by atoms with Crippen LogP contribution in [0.2, 0.25) is 0 Å². The van der Waals surface area contributed by atoms with E-state index in [4.69, 9.17) is 0 Å². The van der Waals surface area contributed by atoms with Crippen molar-refractivity contribution in [2.45, 2.75) is 18.9 Å². The Kier molecular flexibility index (Phi) is 3.93. The summed E-state index contributed by atoms with van der Waals surface area (Å²) in [5.41, 5.74) is 1.77. The summed E-state index contributed by atoms with van der Waals surface area (Å²) < 4.78 is 3.61. The number of nitrogens with one attached hydrogen (secondary N) is 1. The second-order valence-electron chi connectivity index (χ2n) is 6.05. The molecule has 0 radical (unpaired) electrons. The number of rotatable bonds is 3. The zero-order valence-electron chi connectivity index (χ0n) is 13.9. The number of aryl methyl sites for hydroxylation is 1. The van der Waals surface area contributed by atoms with E-state index < -0.39 is 0 Å². The lowest BCUT2D eigenvalue weighted by Crippen LogP contribution is -2.35. The number of likely N-dealkylation sites (tertiary alicyclic amines) is 1. The number of aromatic nitrogens is 5. The molecule has 1 N–H and O–H groups in total. The molecule has 1 aliphatic heterocycles. The van der Waals surface area contributed by atoms with Gasteiger partial charge in [-0.05, 0) is 31.0 Å². The van der Waals surface area contributed by atoms with Crippen LogP contribution in [0.1, 0.15) is 24.6 Å². The van der Waals surface area contributed by atoms with Crippen LogP contribution >= 0.6 is 0 Å². The van der Waals surface area contributed by atoms with Crippen LogP contribution in [0.15, 0.2) is 49.2 Å². The van der Waals surface area contributed by atoms with Crippen molar-refractivity contribution in [3.05, 3.63) is 54.9 Å². The normalized spacial score (nSPS) is 17.0. The maximum absolute atomic E-state index is 12.7. The van der Waals surface area contributed by atoms with Crippen molar-refractivity contribution in [2.24, 2.45) is 7.05 Å².